The number of halogens is 2. The molecule has 474 valence electrons. The van der Waals surface area contributed by atoms with E-state index in [0.29, 0.717) is 35.0 Å². The average molecular weight is 1370 g/mol. The second kappa shape index (κ2) is 33.2. The van der Waals surface area contributed by atoms with Gasteiger partial charge in [-0.1, -0.05) is 28.7 Å². The number of nitrogens with zero attached hydrogens (tertiary/aromatic N) is 4. The number of carbonyl (C=O) groups is 9. The molecule has 2 aliphatic carbocycles. The molecule has 2 saturated carbocycles. The van der Waals surface area contributed by atoms with Crippen LogP contribution in [0.3, 0.4) is 0 Å². The fraction of sp³-hybridized carbons (Fsp3) is 0.780. The molecule has 21 nitrogen and oxygen atoms in total. The fourth-order valence-corrected chi connectivity index (χ4v) is 8.29. The number of aliphatic carboxylic acids is 1. The molecule has 0 aromatic heterocycles. The van der Waals surface area contributed by atoms with Crippen molar-refractivity contribution in [2.24, 2.45) is 11.8 Å². The zero-order valence-corrected chi connectivity index (χ0v) is 60.0. The van der Waals surface area contributed by atoms with Gasteiger partial charge >= 0.3 is 67.7 Å². The Balaban J connectivity index is 0. The molecule has 1 N–H and O–H groups in total. The van der Waals surface area contributed by atoms with Crippen molar-refractivity contribution in [1.82, 2.24) is 19.6 Å². The molecule has 0 unspecified atom stereocenters. The van der Waals surface area contributed by atoms with Crippen LogP contribution in [0.1, 0.15) is 204 Å². The van der Waals surface area contributed by atoms with Crippen LogP contribution in [0.5, 0.6) is 0 Å². The summed E-state index contributed by atoms with van der Waals surface area (Å²) in [5, 5.41) is 9.02. The summed E-state index contributed by atoms with van der Waals surface area (Å²) in [6.45, 7) is 47.4. The van der Waals surface area contributed by atoms with Gasteiger partial charge in [0.2, 0.25) is 5.91 Å². The Morgan fingerprint density at radius 1 is 0.506 bits per heavy atom. The number of carbonyl (C=O) groups excluding carboxylic acids is 8. The van der Waals surface area contributed by atoms with Crippen molar-refractivity contribution in [1.29, 1.82) is 0 Å². The van der Waals surface area contributed by atoms with Gasteiger partial charge in [-0.25, -0.2) is 43.3 Å². The minimum atomic E-state index is -0.932. The zero-order chi connectivity index (χ0) is 64.6. The Morgan fingerprint density at radius 3 is 1.16 bits per heavy atom. The van der Waals surface area contributed by atoms with Gasteiger partial charge in [0.25, 0.3) is 0 Å². The third kappa shape index (κ3) is 30.3. The number of hydrogen-bond donors (Lipinski definition) is 1. The van der Waals surface area contributed by atoms with Gasteiger partial charge in [0, 0.05) is 24.7 Å². The number of piperidine rings is 2. The summed E-state index contributed by atoms with van der Waals surface area (Å²) in [4.78, 5) is 112. The average Bonchev–Trinajstić information content (AvgIpc) is 3.89. The summed E-state index contributed by atoms with van der Waals surface area (Å²) >= 11 is 7.04. The minimum Gasteiger partial charge on any atom is -0.480 e. The molecule has 0 bridgehead atoms. The van der Waals surface area contributed by atoms with Crippen molar-refractivity contribution >= 4 is 88.3 Å². The molecule has 5 fully saturated rings. The van der Waals surface area contributed by atoms with E-state index in [-0.39, 0.29) is 50.4 Å². The standard InChI is InChI=1S/C15H25NO4.C14H23NO5.C14H23NO4.C11H17NO4.2C2H5.CH2ClI.Zn/c1-14(2,3)19-12(17)11-8-9-7-10(9)16(11)13(18)20-15(4,5)6;1-13(2,3)19-11(17)9-7-8-10(16)15(9)12(18)20-14(4,5)6;1-13(2,3)18-11(16)10-8-7-9-15(10)12(17)19-14(4,5)6;1-11(2,3)16-10(15)12-7-4-6(7)5-8(12)9(13)14;2*1-2;2-1-3;/h9-11H,7-8H2,1-6H3;9H,7-8H2,1-6H3;7,9-10H,8H2,1-6H3;6-8H,4-5H2,1-3H3,(H,13,14);2*1H2,2H3;1H2;/q;;;;2*-1;;+2/t9-,10-,11-;9-;10-;6-,7-,8+;;;;/m1111..../s1. The zero-order valence-electron chi connectivity index (χ0n) is 54.1. The molecule has 3 saturated heterocycles. The molecular weight excluding hydrogens is 1260 g/mol. The Bertz CT molecular complexity index is 2200. The maximum atomic E-state index is 12.3. The molecule has 6 aliphatic rings. The van der Waals surface area contributed by atoms with Gasteiger partial charge in [0.05, 0.1) is 3.89 Å². The SMILES string of the molecule is CC(C)(C)OC(=O)N1[C@@H]2C[C@@H]2C[C@H]1C(=O)O.CC(C)(C)OC(=O)[C@H]1CC=CN1C(=O)OC(C)(C)C.CC(C)(C)OC(=O)[C@H]1CCC(=O)N1C(=O)OC(C)(C)C.CC(C)(C)OC(=O)[C@H]1C[C@H]2C[C@H]2N1C(=O)OC(C)(C)C.ClCI.[CH2-]C.[CH2-]C.[Zn+2]. The Labute approximate surface area is 527 Å². The van der Waals surface area contributed by atoms with Gasteiger partial charge in [-0.05, 0) is 196 Å². The number of ether oxygens (including phenoxy) is 7. The second-order valence-corrected chi connectivity index (χ2v) is 28.7. The van der Waals surface area contributed by atoms with Crippen LogP contribution in [0.15, 0.2) is 12.3 Å². The van der Waals surface area contributed by atoms with E-state index in [9.17, 15) is 43.2 Å². The van der Waals surface area contributed by atoms with Crippen LogP contribution in [0.2, 0.25) is 0 Å². The smallest absolute Gasteiger partial charge is 0.480 e. The number of amides is 5. The summed E-state index contributed by atoms with van der Waals surface area (Å²) in [5.41, 5.74) is -4.22. The molecule has 8 atom stereocenters. The Hall–Kier alpha value is -3.99. The van der Waals surface area contributed by atoms with Crippen molar-refractivity contribution in [3.63, 3.8) is 0 Å². The van der Waals surface area contributed by atoms with E-state index < -0.39 is 112 Å². The summed E-state index contributed by atoms with van der Waals surface area (Å²) in [5.74, 6) is -1.85. The Kier molecular flexibility index (Phi) is 32.5. The first-order valence-corrected chi connectivity index (χ1v) is 29.9. The number of likely N-dealkylation sites (tertiary alicyclic amines) is 3. The van der Waals surface area contributed by atoms with E-state index in [2.05, 4.69) is 36.4 Å². The van der Waals surface area contributed by atoms with E-state index in [1.165, 1.54) is 9.80 Å². The predicted octanol–water partition coefficient (Wildman–Crippen LogP) is 12.6. The number of hydrogen-bond acceptors (Lipinski definition) is 16. The summed E-state index contributed by atoms with van der Waals surface area (Å²) < 4.78 is 37.7. The van der Waals surface area contributed by atoms with Crippen molar-refractivity contribution in [3.8, 4) is 0 Å². The van der Waals surface area contributed by atoms with Crippen LogP contribution < -0.4 is 0 Å². The predicted molar refractivity (Wildman–Crippen MR) is 320 cm³/mol. The maximum absolute atomic E-state index is 12.3. The van der Waals surface area contributed by atoms with E-state index in [1.54, 1.807) is 135 Å². The van der Waals surface area contributed by atoms with E-state index >= 15 is 0 Å². The number of carboxylic acid groups (broad SMARTS) is 1. The minimum absolute atomic E-state index is 0. The van der Waals surface area contributed by atoms with Gasteiger partial charge in [-0.15, -0.1) is 11.6 Å². The number of fused-ring (bicyclic) bond motifs is 2. The number of imide groups is 1. The first-order chi connectivity index (χ1) is 37.1. The first-order valence-electron chi connectivity index (χ1n) is 27.8. The molecule has 0 radical (unpaired) electrons. The molecule has 6 rings (SSSR count). The number of alkyl halides is 2. The van der Waals surface area contributed by atoms with Crippen LogP contribution in [-0.2, 0) is 76.6 Å². The third-order valence-corrected chi connectivity index (χ3v) is 11.1. The molecular formula is C59H100ClIN4O17Zn. The van der Waals surface area contributed by atoms with Gasteiger partial charge in [0.15, 0.2) is 0 Å². The molecule has 24 heteroatoms. The van der Waals surface area contributed by atoms with E-state index in [4.69, 9.17) is 49.9 Å². The van der Waals surface area contributed by atoms with Crippen LogP contribution in [-0.4, -0.2) is 158 Å². The van der Waals surface area contributed by atoms with Crippen molar-refractivity contribution in [3.05, 3.63) is 26.1 Å². The normalized spacial score (nSPS) is 22.8. The fourth-order valence-electron chi connectivity index (χ4n) is 8.29. The van der Waals surface area contributed by atoms with Gasteiger partial charge < -0.3 is 52.1 Å². The number of rotatable bonds is 4. The number of carboxylic acids is 1. The van der Waals surface area contributed by atoms with Crippen LogP contribution >= 0.6 is 34.2 Å². The second-order valence-electron chi connectivity index (χ2n) is 26.8. The topological polar surface area (TPSA) is 251 Å². The molecule has 4 heterocycles. The molecule has 0 spiro atoms. The van der Waals surface area contributed by atoms with E-state index in [0.717, 1.165) is 17.7 Å². The largest absolute Gasteiger partial charge is 2.00 e. The van der Waals surface area contributed by atoms with Crippen molar-refractivity contribution in [2.45, 2.75) is 280 Å². The molecule has 0 aromatic rings. The van der Waals surface area contributed by atoms with Crippen LogP contribution in [0.25, 0.3) is 0 Å². The molecule has 4 aliphatic heterocycles. The molecule has 0 aromatic carbocycles. The van der Waals surface area contributed by atoms with Crippen LogP contribution in [0.4, 0.5) is 19.2 Å². The van der Waals surface area contributed by atoms with Gasteiger partial charge in [0.1, 0.15) is 63.4 Å². The van der Waals surface area contributed by atoms with Crippen molar-refractivity contribution in [2.75, 3.05) is 3.89 Å². The van der Waals surface area contributed by atoms with Gasteiger partial charge in [-0.3, -0.25) is 19.5 Å². The number of esters is 3. The quantitative estimate of drug-likeness (QED) is 0.0686. The maximum Gasteiger partial charge on any atom is 2.00 e. The van der Waals surface area contributed by atoms with E-state index in [1.807, 2.05) is 41.5 Å². The Morgan fingerprint density at radius 2 is 0.807 bits per heavy atom. The monoisotopic (exact) mass is 1360 g/mol. The first kappa shape index (κ1) is 81.1. The molecule has 5 amide bonds. The van der Waals surface area contributed by atoms with Crippen LogP contribution in [0, 0.1) is 25.7 Å². The summed E-state index contributed by atoms with van der Waals surface area (Å²) in [7, 11) is 0. The van der Waals surface area contributed by atoms with Crippen molar-refractivity contribution < 1.29 is 101 Å². The third-order valence-electron chi connectivity index (χ3n) is 11.1. The molecule has 83 heavy (non-hydrogen) atoms. The summed E-state index contributed by atoms with van der Waals surface area (Å²) in [6, 6.07) is -2.46. The van der Waals surface area contributed by atoms with Gasteiger partial charge in [-0.2, -0.15) is 13.8 Å². The summed E-state index contributed by atoms with van der Waals surface area (Å²) in [6.07, 6.45) is 5.13.